The van der Waals surface area contributed by atoms with Crippen LogP contribution in [0.5, 0.6) is 5.75 Å². The Kier molecular flexibility index (Phi) is 8.15. The first kappa shape index (κ1) is 31.9. The van der Waals surface area contributed by atoms with E-state index in [1.807, 2.05) is 44.2 Å². The second kappa shape index (κ2) is 12.5. The largest absolute Gasteiger partial charge is 0.464 e. The number of nitrogens with zero attached hydrogens (tertiary/aromatic N) is 3. The molecule has 3 aromatic heterocycles. The lowest BCUT2D eigenvalue weighted by Crippen LogP contribution is -2.51. The van der Waals surface area contributed by atoms with Crippen molar-refractivity contribution >= 4 is 45.8 Å². The smallest absolute Gasteiger partial charge is 0.407 e. The minimum atomic E-state index is -0.734. The fourth-order valence-electron chi connectivity index (χ4n) is 7.18. The molecular weight excluding hydrogens is 665 g/mol. The molecule has 1 saturated carbocycles. The molecule has 49 heavy (non-hydrogen) atoms. The topological polar surface area (TPSA) is 101 Å². The molecule has 3 aliphatic rings. The number of ether oxygens (including phenoxy) is 2. The Hall–Kier alpha value is -4.35. The van der Waals surface area contributed by atoms with Gasteiger partial charge in [0.1, 0.15) is 23.4 Å². The van der Waals surface area contributed by atoms with Crippen LogP contribution in [0.4, 0.5) is 9.18 Å². The van der Waals surface area contributed by atoms with Crippen LogP contribution in [0.1, 0.15) is 67.4 Å². The molecule has 2 N–H and O–H groups in total. The zero-order valence-electron chi connectivity index (χ0n) is 27.5. The third-order valence-electron chi connectivity index (χ3n) is 9.85. The number of halogens is 2. The first-order valence-corrected chi connectivity index (χ1v) is 18.0. The van der Waals surface area contributed by atoms with Crippen molar-refractivity contribution in [2.24, 2.45) is 11.8 Å². The van der Waals surface area contributed by atoms with Gasteiger partial charge in [-0.15, -0.1) is 11.3 Å². The molecule has 0 bridgehead atoms. The molecule has 12 heteroatoms. The van der Waals surface area contributed by atoms with Gasteiger partial charge in [0.2, 0.25) is 12.1 Å². The van der Waals surface area contributed by atoms with Crippen LogP contribution in [0, 0.1) is 17.7 Å². The summed E-state index contributed by atoms with van der Waals surface area (Å²) in [4.78, 5) is 37.8. The highest BCUT2D eigenvalue weighted by molar-refractivity contribution is 7.12. The van der Waals surface area contributed by atoms with Gasteiger partial charge in [-0.2, -0.15) is 0 Å². The molecule has 0 spiro atoms. The van der Waals surface area contributed by atoms with Crippen LogP contribution in [0.3, 0.4) is 0 Å². The number of likely N-dealkylation sites (tertiary alicyclic amines) is 1. The SMILES string of the molecule is COC(=O)N[C@H](C(=O)N1CCCC1c1ncc(-c2cc(F)c3c(c2)OC(c2ccc(CC4CC4)s2)n2c-3cc3cc(Cl)ccc32)[nH]1)C(C)C. The van der Waals surface area contributed by atoms with Gasteiger partial charge < -0.3 is 24.7 Å². The van der Waals surface area contributed by atoms with Gasteiger partial charge in [0.25, 0.3) is 0 Å². The van der Waals surface area contributed by atoms with Gasteiger partial charge in [0.05, 0.1) is 46.7 Å². The molecule has 2 aromatic carbocycles. The summed E-state index contributed by atoms with van der Waals surface area (Å²) in [6, 6.07) is 14.3. The van der Waals surface area contributed by atoms with Crippen molar-refractivity contribution in [2.45, 2.75) is 64.3 Å². The summed E-state index contributed by atoms with van der Waals surface area (Å²) in [5, 5.41) is 4.21. The fourth-order valence-corrected chi connectivity index (χ4v) is 8.51. The van der Waals surface area contributed by atoms with E-state index < -0.39 is 24.2 Å². The third kappa shape index (κ3) is 5.86. The lowest BCUT2D eigenvalue weighted by molar-refractivity contribution is -0.135. The van der Waals surface area contributed by atoms with E-state index >= 15 is 4.39 Å². The van der Waals surface area contributed by atoms with Crippen molar-refractivity contribution in [3.05, 3.63) is 81.1 Å². The number of benzene rings is 2. The summed E-state index contributed by atoms with van der Waals surface area (Å²) in [7, 11) is 1.28. The zero-order chi connectivity index (χ0) is 34.0. The van der Waals surface area contributed by atoms with E-state index in [0.29, 0.717) is 46.4 Å². The van der Waals surface area contributed by atoms with Crippen molar-refractivity contribution in [1.29, 1.82) is 0 Å². The Bertz CT molecular complexity index is 2080. The van der Waals surface area contributed by atoms with Crippen LogP contribution in [0.15, 0.2) is 54.7 Å². The number of thiophene rings is 1. The standard InChI is InChI=1S/C37H37ClFN5O4S/c1-19(2)33(42-37(46)47-3)35(45)43-12-4-5-28(43)34-40-18-26(41-34)21-15-25(39)32-29-16-22-14-23(38)8-10-27(22)44(29)36(48-30(32)17-21)31-11-9-24(49-31)13-20-6-7-20/h8-11,14-20,28,33,36H,4-7,12-13H2,1-3H3,(H,40,41)(H,42,46)/t28?,33-,36?/m0/s1. The second-order valence-electron chi connectivity index (χ2n) is 13.6. The highest BCUT2D eigenvalue weighted by atomic mass is 35.5. The number of hydrogen-bond acceptors (Lipinski definition) is 6. The van der Waals surface area contributed by atoms with Gasteiger partial charge in [0.15, 0.2) is 0 Å². The first-order valence-electron chi connectivity index (χ1n) is 16.8. The predicted molar refractivity (Wildman–Crippen MR) is 187 cm³/mol. The van der Waals surface area contributed by atoms with E-state index in [9.17, 15) is 9.59 Å². The molecule has 3 atom stereocenters. The van der Waals surface area contributed by atoms with Crippen LogP contribution in [-0.4, -0.2) is 51.1 Å². The predicted octanol–water partition coefficient (Wildman–Crippen LogP) is 8.49. The normalized spacial score (nSPS) is 19.1. The summed E-state index contributed by atoms with van der Waals surface area (Å²) < 4.78 is 29.9. The van der Waals surface area contributed by atoms with Crippen LogP contribution in [0.2, 0.25) is 5.02 Å². The van der Waals surface area contributed by atoms with Crippen LogP contribution < -0.4 is 10.1 Å². The molecule has 2 aliphatic heterocycles. The molecule has 1 aliphatic carbocycles. The van der Waals surface area contributed by atoms with Crippen molar-refractivity contribution in [3.8, 4) is 28.3 Å². The number of amides is 2. The summed E-state index contributed by atoms with van der Waals surface area (Å²) in [6.45, 7) is 4.30. The van der Waals surface area contributed by atoms with Crippen LogP contribution in [0.25, 0.3) is 33.4 Å². The fraction of sp³-hybridized carbons (Fsp3) is 0.378. The maximum atomic E-state index is 16.3. The highest BCUT2D eigenvalue weighted by Gasteiger charge is 2.38. The Morgan fingerprint density at radius 3 is 2.78 bits per heavy atom. The Labute approximate surface area is 292 Å². The van der Waals surface area contributed by atoms with E-state index in [0.717, 1.165) is 40.2 Å². The third-order valence-corrected chi connectivity index (χ3v) is 11.2. The second-order valence-corrected chi connectivity index (χ2v) is 15.2. The van der Waals surface area contributed by atoms with Gasteiger partial charge >= 0.3 is 6.09 Å². The highest BCUT2D eigenvalue weighted by Crippen LogP contribution is 2.48. The number of aromatic amines is 1. The Morgan fingerprint density at radius 1 is 1.16 bits per heavy atom. The Morgan fingerprint density at radius 2 is 2.00 bits per heavy atom. The number of rotatable bonds is 8. The monoisotopic (exact) mass is 701 g/mol. The number of aromatic nitrogens is 3. The number of fused-ring (bicyclic) bond motifs is 5. The number of methoxy groups -OCH3 is 1. The molecule has 254 valence electrons. The lowest BCUT2D eigenvalue weighted by atomic mass is 10.0. The number of alkyl carbamates (subject to hydrolysis) is 1. The van der Waals surface area contributed by atoms with E-state index in [1.165, 1.54) is 30.9 Å². The van der Waals surface area contributed by atoms with Crippen molar-refractivity contribution in [3.63, 3.8) is 0 Å². The number of imidazole rings is 1. The molecule has 1 saturated heterocycles. The van der Waals surface area contributed by atoms with Gasteiger partial charge in [-0.3, -0.25) is 9.36 Å². The minimum Gasteiger partial charge on any atom is -0.464 e. The summed E-state index contributed by atoms with van der Waals surface area (Å²) in [5.74, 6) is 1.08. The van der Waals surface area contributed by atoms with Gasteiger partial charge in [-0.1, -0.05) is 25.4 Å². The zero-order valence-corrected chi connectivity index (χ0v) is 29.0. The number of hydrogen-bond donors (Lipinski definition) is 2. The first-order chi connectivity index (χ1) is 23.7. The average Bonchev–Trinajstić information content (AvgIpc) is 3.51. The molecule has 5 aromatic rings. The molecule has 2 unspecified atom stereocenters. The summed E-state index contributed by atoms with van der Waals surface area (Å²) >= 11 is 8.13. The molecule has 8 rings (SSSR count). The van der Waals surface area contributed by atoms with E-state index in [-0.39, 0.29) is 17.9 Å². The number of carbonyl (C=O) groups is 2. The number of nitrogens with one attached hydrogen (secondary N) is 2. The van der Waals surface area contributed by atoms with Crippen LogP contribution >= 0.6 is 22.9 Å². The molecule has 9 nitrogen and oxygen atoms in total. The molecule has 2 amide bonds. The summed E-state index contributed by atoms with van der Waals surface area (Å²) in [5.41, 5.74) is 3.25. The molecular formula is C37H37ClFN5O4S. The van der Waals surface area contributed by atoms with Gasteiger partial charge in [-0.05, 0) is 92.5 Å². The quantitative estimate of drug-likeness (QED) is 0.169. The molecule has 0 radical (unpaired) electrons. The average molecular weight is 702 g/mol. The molecule has 2 fully saturated rings. The Balaban J connectivity index is 1.13. The van der Waals surface area contributed by atoms with Crippen molar-refractivity contribution in [2.75, 3.05) is 13.7 Å². The molecule has 5 heterocycles. The van der Waals surface area contributed by atoms with Crippen molar-refractivity contribution < 1.29 is 23.5 Å². The maximum absolute atomic E-state index is 16.3. The van der Waals surface area contributed by atoms with Crippen LogP contribution in [-0.2, 0) is 16.0 Å². The van der Waals surface area contributed by atoms with E-state index in [1.54, 1.807) is 22.4 Å². The van der Waals surface area contributed by atoms with Gasteiger partial charge in [0, 0.05) is 27.4 Å². The summed E-state index contributed by atoms with van der Waals surface area (Å²) in [6.07, 6.45) is 5.70. The van der Waals surface area contributed by atoms with E-state index in [2.05, 4.69) is 32.0 Å². The van der Waals surface area contributed by atoms with Crippen molar-refractivity contribution in [1.82, 2.24) is 24.8 Å². The number of H-pyrrole nitrogens is 1. The van der Waals surface area contributed by atoms with E-state index in [4.69, 9.17) is 21.1 Å². The lowest BCUT2D eigenvalue weighted by Gasteiger charge is -2.30. The minimum absolute atomic E-state index is 0.142. The van der Waals surface area contributed by atoms with Gasteiger partial charge in [-0.25, -0.2) is 14.2 Å². The maximum Gasteiger partial charge on any atom is 0.407 e. The number of carbonyl (C=O) groups excluding carboxylic acids is 2.